The van der Waals surface area contributed by atoms with E-state index in [9.17, 15) is 18.9 Å². The molecule has 1 aliphatic rings. The molecule has 0 amide bonds. The lowest BCUT2D eigenvalue weighted by Crippen LogP contribution is -2.31. The van der Waals surface area contributed by atoms with Crippen LogP contribution in [0.3, 0.4) is 0 Å². The third-order valence-electron chi connectivity index (χ3n) is 3.85. The number of nitrogens with two attached hydrogens (primary N) is 1. The molecular formula is C13H15ClFN5O7P+. The summed E-state index contributed by atoms with van der Waals surface area (Å²) in [7, 11) is -1.57. The van der Waals surface area contributed by atoms with Crippen molar-refractivity contribution in [2.24, 2.45) is 0 Å². The van der Waals surface area contributed by atoms with Gasteiger partial charge in [-0.3, -0.25) is 4.57 Å². The van der Waals surface area contributed by atoms with E-state index >= 15 is 0 Å². The fourth-order valence-electron chi connectivity index (χ4n) is 2.50. The van der Waals surface area contributed by atoms with E-state index in [-0.39, 0.29) is 22.3 Å². The molecule has 3 rings (SSSR count). The number of nitrogens with zero attached hydrogens (tertiary/aromatic N) is 4. The first-order valence-electron chi connectivity index (χ1n) is 7.75. The van der Waals surface area contributed by atoms with Gasteiger partial charge in [0.15, 0.2) is 23.9 Å². The zero-order valence-corrected chi connectivity index (χ0v) is 15.9. The summed E-state index contributed by atoms with van der Waals surface area (Å²) in [6, 6.07) is 0. The topological polar surface area (TPSA) is 161 Å². The Kier molecular flexibility index (Phi) is 6.33. The molecule has 1 aliphatic heterocycles. The van der Waals surface area contributed by atoms with Crippen LogP contribution in [-0.4, -0.2) is 69.3 Å². The number of alkyl halides is 1. The minimum absolute atomic E-state index is 0.00217. The lowest BCUT2D eigenvalue weighted by Gasteiger charge is -2.15. The van der Waals surface area contributed by atoms with Crippen LogP contribution < -0.4 is 5.73 Å². The summed E-state index contributed by atoms with van der Waals surface area (Å²) in [4.78, 5) is 22.6. The first-order valence-corrected chi connectivity index (χ1v) is 9.22. The predicted molar refractivity (Wildman–Crippen MR) is 91.1 cm³/mol. The van der Waals surface area contributed by atoms with Gasteiger partial charge in [0.2, 0.25) is 11.9 Å². The van der Waals surface area contributed by atoms with Gasteiger partial charge >= 0.3 is 14.2 Å². The molecule has 0 saturated carbocycles. The monoisotopic (exact) mass is 438 g/mol. The first-order chi connectivity index (χ1) is 13.3. The number of halogens is 2. The van der Waals surface area contributed by atoms with Crippen molar-refractivity contribution in [1.29, 1.82) is 0 Å². The van der Waals surface area contributed by atoms with Crippen LogP contribution in [0.25, 0.3) is 11.2 Å². The molecule has 0 bridgehead atoms. The van der Waals surface area contributed by atoms with Crippen LogP contribution in [0.15, 0.2) is 6.33 Å². The number of aliphatic hydroxyl groups is 1. The summed E-state index contributed by atoms with van der Waals surface area (Å²) in [6.45, 7) is -1.05. The van der Waals surface area contributed by atoms with Gasteiger partial charge in [0.1, 0.15) is 24.3 Å². The number of anilines is 1. The summed E-state index contributed by atoms with van der Waals surface area (Å²) < 4.78 is 46.7. The van der Waals surface area contributed by atoms with E-state index in [4.69, 9.17) is 26.6 Å². The normalized spacial score (nSPS) is 25.2. The number of rotatable bonds is 7. The first kappa shape index (κ1) is 20.7. The van der Waals surface area contributed by atoms with E-state index in [1.54, 1.807) is 0 Å². The number of aromatic nitrogens is 4. The molecule has 152 valence electrons. The molecule has 28 heavy (non-hydrogen) atoms. The molecule has 12 nitrogen and oxygen atoms in total. The zero-order valence-electron chi connectivity index (χ0n) is 14.3. The van der Waals surface area contributed by atoms with Crippen LogP contribution in [0.1, 0.15) is 6.23 Å². The van der Waals surface area contributed by atoms with Crippen molar-refractivity contribution >= 4 is 42.8 Å². The molecule has 0 aromatic carbocycles. The van der Waals surface area contributed by atoms with Crippen LogP contribution in [0.4, 0.5) is 10.2 Å². The number of esters is 1. The standard InChI is InChI=1S/C13H15ClFN5O7P/c1-24-6(21)3-26-28(23)25-2-5-9(22)7(15)12(27-5)20-4-17-8-10(16)18-13(14)19-11(8)20/h4-5,7,9,12,22H,2-3H2,1H3,(H2,16,18,19)/q+1/t5?,7-,9+,12?/m1/s1. The minimum Gasteiger partial charge on any atom is -0.467 e. The van der Waals surface area contributed by atoms with Crippen molar-refractivity contribution in [1.82, 2.24) is 19.5 Å². The SMILES string of the molecule is COC(=O)CO[P+](=O)OCC1OC(n2cnc3c(N)nc(Cl)nc32)[C@H](F)[C@H]1O. The van der Waals surface area contributed by atoms with Crippen LogP contribution in [-0.2, 0) is 27.9 Å². The van der Waals surface area contributed by atoms with Crippen molar-refractivity contribution in [2.45, 2.75) is 24.6 Å². The van der Waals surface area contributed by atoms with Crippen LogP contribution in [0.5, 0.6) is 0 Å². The van der Waals surface area contributed by atoms with E-state index in [1.807, 2.05) is 0 Å². The van der Waals surface area contributed by atoms with E-state index in [0.717, 1.165) is 7.11 Å². The molecule has 0 aliphatic carbocycles. The van der Waals surface area contributed by atoms with E-state index in [0.29, 0.717) is 0 Å². The van der Waals surface area contributed by atoms with E-state index in [2.05, 4.69) is 24.2 Å². The Labute approximate surface area is 162 Å². The molecule has 3 unspecified atom stereocenters. The molecular weight excluding hydrogens is 424 g/mol. The quantitative estimate of drug-likeness (QED) is 0.352. The largest absolute Gasteiger partial charge is 0.698 e. The van der Waals surface area contributed by atoms with Gasteiger partial charge in [-0.1, -0.05) is 0 Å². The number of carbonyl (C=O) groups excluding carboxylic acids is 1. The fourth-order valence-corrected chi connectivity index (χ4v) is 3.22. The van der Waals surface area contributed by atoms with Gasteiger partial charge in [0, 0.05) is 4.57 Å². The highest BCUT2D eigenvalue weighted by Crippen LogP contribution is 2.36. The Balaban J connectivity index is 1.68. The summed E-state index contributed by atoms with van der Waals surface area (Å²) in [5, 5.41) is 9.90. The second-order valence-corrected chi connectivity index (χ2v) is 6.87. The molecule has 3 heterocycles. The van der Waals surface area contributed by atoms with Gasteiger partial charge in [-0.2, -0.15) is 9.97 Å². The number of imidazole rings is 1. The number of aliphatic hydroxyl groups excluding tert-OH is 1. The summed E-state index contributed by atoms with van der Waals surface area (Å²) in [6.07, 6.45) is -4.74. The molecule has 15 heteroatoms. The number of ether oxygens (including phenoxy) is 2. The van der Waals surface area contributed by atoms with Gasteiger partial charge in [0.25, 0.3) is 0 Å². The van der Waals surface area contributed by atoms with E-state index in [1.165, 1.54) is 10.9 Å². The van der Waals surface area contributed by atoms with Crippen molar-refractivity contribution < 1.29 is 37.4 Å². The van der Waals surface area contributed by atoms with Crippen LogP contribution in [0.2, 0.25) is 5.28 Å². The Morgan fingerprint density at radius 3 is 2.96 bits per heavy atom. The van der Waals surface area contributed by atoms with Gasteiger partial charge in [-0.15, -0.1) is 9.05 Å². The predicted octanol–water partition coefficient (Wildman–Crippen LogP) is 0.522. The number of carbonyl (C=O) groups is 1. The summed E-state index contributed by atoms with van der Waals surface area (Å²) in [5.74, 6) is -0.748. The number of hydrogen-bond donors (Lipinski definition) is 2. The number of methoxy groups -OCH3 is 1. The highest BCUT2D eigenvalue weighted by atomic mass is 35.5. The van der Waals surface area contributed by atoms with Crippen molar-refractivity contribution in [2.75, 3.05) is 26.1 Å². The molecule has 0 radical (unpaired) electrons. The third-order valence-corrected chi connectivity index (χ3v) is 4.72. The smallest absolute Gasteiger partial charge is 0.467 e. The molecule has 1 saturated heterocycles. The van der Waals surface area contributed by atoms with Gasteiger partial charge in [-0.25, -0.2) is 14.2 Å². The summed E-state index contributed by atoms with van der Waals surface area (Å²) >= 11 is 5.77. The second-order valence-electron chi connectivity index (χ2n) is 5.57. The van der Waals surface area contributed by atoms with Crippen molar-refractivity contribution in [3.63, 3.8) is 0 Å². The number of hydrogen-bond acceptors (Lipinski definition) is 11. The minimum atomic E-state index is -2.70. The highest BCUT2D eigenvalue weighted by Gasteiger charge is 2.47. The second kappa shape index (κ2) is 8.55. The Morgan fingerprint density at radius 2 is 2.25 bits per heavy atom. The average Bonchev–Trinajstić information content (AvgIpc) is 3.20. The average molecular weight is 439 g/mol. The molecule has 5 atom stereocenters. The molecule has 2 aromatic rings. The Bertz CT molecular complexity index is 902. The highest BCUT2D eigenvalue weighted by molar-refractivity contribution is 7.33. The lowest BCUT2D eigenvalue weighted by molar-refractivity contribution is -0.143. The fraction of sp³-hybridized carbons (Fsp3) is 0.538. The maximum absolute atomic E-state index is 14.6. The third kappa shape index (κ3) is 4.19. The maximum Gasteiger partial charge on any atom is 0.698 e. The van der Waals surface area contributed by atoms with Gasteiger partial charge in [-0.05, 0) is 11.6 Å². The Hall–Kier alpha value is -2.02. The van der Waals surface area contributed by atoms with E-state index < -0.39 is 52.0 Å². The molecule has 2 aromatic heterocycles. The Morgan fingerprint density at radius 1 is 1.50 bits per heavy atom. The van der Waals surface area contributed by atoms with Crippen LogP contribution in [0, 0.1) is 0 Å². The van der Waals surface area contributed by atoms with Crippen molar-refractivity contribution in [3.05, 3.63) is 11.6 Å². The number of nitrogen functional groups attached to an aromatic ring is 1. The van der Waals surface area contributed by atoms with Crippen molar-refractivity contribution in [3.8, 4) is 0 Å². The van der Waals surface area contributed by atoms with Gasteiger partial charge in [0.05, 0.1) is 13.4 Å². The maximum atomic E-state index is 14.6. The molecule has 1 fully saturated rings. The number of fused-ring (bicyclic) bond motifs is 1. The molecule has 0 spiro atoms. The van der Waals surface area contributed by atoms with Crippen LogP contribution >= 0.6 is 19.9 Å². The zero-order chi connectivity index (χ0) is 20.4. The lowest BCUT2D eigenvalue weighted by atomic mass is 10.1. The molecule has 3 N–H and O–H groups in total. The van der Waals surface area contributed by atoms with Gasteiger partial charge < -0.3 is 20.3 Å². The summed E-state index contributed by atoms with van der Waals surface area (Å²) in [5.41, 5.74) is 6.01.